The highest BCUT2D eigenvalue weighted by Gasteiger charge is 2.22. The van der Waals surface area contributed by atoms with Crippen LogP contribution in [0.2, 0.25) is 0 Å². The minimum Gasteiger partial charge on any atom is -0.466 e. The van der Waals surface area contributed by atoms with Gasteiger partial charge in [-0.05, 0) is 30.9 Å². The van der Waals surface area contributed by atoms with E-state index < -0.39 is 12.0 Å². The second-order valence-electron chi connectivity index (χ2n) is 7.15. The molecule has 1 aromatic heterocycles. The molecular weight excluding hydrogens is 368 g/mol. The van der Waals surface area contributed by atoms with Crippen LogP contribution >= 0.6 is 0 Å². The van der Waals surface area contributed by atoms with Gasteiger partial charge in [0.2, 0.25) is 5.91 Å². The summed E-state index contributed by atoms with van der Waals surface area (Å²) in [6, 6.07) is 9.29. The van der Waals surface area contributed by atoms with Gasteiger partial charge in [0.1, 0.15) is 11.9 Å². The van der Waals surface area contributed by atoms with Crippen LogP contribution in [0.1, 0.15) is 44.5 Å². The number of benzene rings is 1. The lowest BCUT2D eigenvalue weighted by molar-refractivity contribution is -0.134. The number of nitrogens with one attached hydrogen (secondary N) is 2. The minimum absolute atomic E-state index is 0.0912. The molecule has 7 heteroatoms. The number of nitrogens with zero attached hydrogens (tertiary/aromatic N) is 2. The largest absolute Gasteiger partial charge is 0.466 e. The summed E-state index contributed by atoms with van der Waals surface area (Å²) in [6.07, 6.45) is 6.51. The van der Waals surface area contributed by atoms with Crippen LogP contribution in [0.25, 0.3) is 6.08 Å². The van der Waals surface area contributed by atoms with Crippen LogP contribution in [-0.4, -0.2) is 35.0 Å². The quantitative estimate of drug-likeness (QED) is 0.499. The number of hydrogen-bond donors (Lipinski definition) is 2. The highest BCUT2D eigenvalue weighted by atomic mass is 16.5. The average molecular weight is 396 g/mol. The topological polar surface area (TPSA) is 93.2 Å². The second-order valence-corrected chi connectivity index (χ2v) is 7.15. The first-order valence-electron chi connectivity index (χ1n) is 9.59. The highest BCUT2D eigenvalue weighted by molar-refractivity contribution is 5.86. The van der Waals surface area contributed by atoms with Gasteiger partial charge in [-0.15, -0.1) is 0 Å². The van der Waals surface area contributed by atoms with Crippen LogP contribution in [-0.2, 0) is 14.3 Å². The predicted molar refractivity (Wildman–Crippen MR) is 113 cm³/mol. The van der Waals surface area contributed by atoms with Crippen molar-refractivity contribution in [3.63, 3.8) is 0 Å². The van der Waals surface area contributed by atoms with Gasteiger partial charge in [0.25, 0.3) is 0 Å². The molecule has 0 aliphatic heterocycles. The van der Waals surface area contributed by atoms with E-state index in [1.807, 2.05) is 37.3 Å². The van der Waals surface area contributed by atoms with E-state index >= 15 is 0 Å². The van der Waals surface area contributed by atoms with E-state index in [0.29, 0.717) is 23.9 Å². The lowest BCUT2D eigenvalue weighted by Crippen LogP contribution is -2.41. The Morgan fingerprint density at radius 3 is 2.41 bits per heavy atom. The molecule has 2 atom stereocenters. The molecule has 2 aromatic rings. The Labute approximate surface area is 171 Å². The summed E-state index contributed by atoms with van der Waals surface area (Å²) in [6.45, 7) is 6.09. The Morgan fingerprint density at radius 1 is 1.10 bits per heavy atom. The number of carbonyl (C=O) groups is 2. The number of rotatable bonds is 9. The number of hydrogen-bond acceptors (Lipinski definition) is 6. The Balaban J connectivity index is 2.05. The van der Waals surface area contributed by atoms with Gasteiger partial charge in [0, 0.05) is 6.08 Å². The average Bonchev–Trinajstić information content (AvgIpc) is 2.72. The summed E-state index contributed by atoms with van der Waals surface area (Å²) in [7, 11) is 1.31. The fraction of sp³-hybridized carbons (Fsp3) is 0.364. The molecule has 1 amide bonds. The van der Waals surface area contributed by atoms with Gasteiger partial charge in [-0.3, -0.25) is 9.78 Å². The van der Waals surface area contributed by atoms with Crippen molar-refractivity contribution in [3.8, 4) is 0 Å². The number of aromatic nitrogens is 2. The number of anilines is 1. The first kappa shape index (κ1) is 22.1. The zero-order valence-corrected chi connectivity index (χ0v) is 17.3. The van der Waals surface area contributed by atoms with Crippen molar-refractivity contribution in [3.05, 3.63) is 60.1 Å². The third kappa shape index (κ3) is 7.37. The molecule has 0 saturated heterocycles. The smallest absolute Gasteiger partial charge is 0.330 e. The molecule has 0 radical (unpaired) electrons. The summed E-state index contributed by atoms with van der Waals surface area (Å²) < 4.78 is 4.54. The second kappa shape index (κ2) is 10.9. The Kier molecular flexibility index (Phi) is 8.33. The first-order chi connectivity index (χ1) is 13.9. The van der Waals surface area contributed by atoms with Crippen molar-refractivity contribution in [2.24, 2.45) is 5.92 Å². The van der Waals surface area contributed by atoms with E-state index in [2.05, 4.69) is 39.2 Å². The molecule has 1 heterocycles. The maximum atomic E-state index is 12.9. The zero-order chi connectivity index (χ0) is 21.2. The van der Waals surface area contributed by atoms with Crippen molar-refractivity contribution in [1.29, 1.82) is 0 Å². The summed E-state index contributed by atoms with van der Waals surface area (Å²) in [5.74, 6) is 0.260. The van der Waals surface area contributed by atoms with E-state index in [4.69, 9.17) is 0 Å². The van der Waals surface area contributed by atoms with Crippen LogP contribution in [0.5, 0.6) is 0 Å². The van der Waals surface area contributed by atoms with Gasteiger partial charge in [0.05, 0.1) is 31.2 Å². The van der Waals surface area contributed by atoms with E-state index in [0.717, 1.165) is 5.56 Å². The van der Waals surface area contributed by atoms with Gasteiger partial charge < -0.3 is 15.4 Å². The van der Waals surface area contributed by atoms with Crippen LogP contribution in [0.4, 0.5) is 5.82 Å². The molecule has 0 aliphatic carbocycles. The van der Waals surface area contributed by atoms with E-state index in [1.54, 1.807) is 0 Å². The minimum atomic E-state index is -0.463. The van der Waals surface area contributed by atoms with Gasteiger partial charge >= 0.3 is 5.97 Å². The van der Waals surface area contributed by atoms with Gasteiger partial charge in [0.15, 0.2) is 0 Å². The SMILES string of the molecule is COC(=O)/C=C/c1cnc(N[C@H](CC(C)C)C(=O)N[C@@H](C)c2ccccc2)cn1. The Morgan fingerprint density at radius 2 is 1.83 bits per heavy atom. The molecular formula is C22H28N4O3. The van der Waals surface area contributed by atoms with Crippen molar-refractivity contribution in [2.75, 3.05) is 12.4 Å². The number of ether oxygens (including phenoxy) is 1. The summed E-state index contributed by atoms with van der Waals surface area (Å²) in [4.78, 5) is 32.5. The molecule has 0 saturated carbocycles. The molecule has 0 spiro atoms. The number of methoxy groups -OCH3 is 1. The van der Waals surface area contributed by atoms with Crippen LogP contribution in [0.3, 0.4) is 0 Å². The molecule has 2 N–H and O–H groups in total. The van der Waals surface area contributed by atoms with Crippen LogP contribution in [0, 0.1) is 5.92 Å². The lowest BCUT2D eigenvalue weighted by atomic mass is 10.0. The zero-order valence-electron chi connectivity index (χ0n) is 17.3. The van der Waals surface area contributed by atoms with E-state index in [9.17, 15) is 9.59 Å². The summed E-state index contributed by atoms with van der Waals surface area (Å²) in [5.41, 5.74) is 1.56. The maximum absolute atomic E-state index is 12.9. The monoisotopic (exact) mass is 396 g/mol. The van der Waals surface area contributed by atoms with Gasteiger partial charge in [-0.1, -0.05) is 44.2 Å². The molecule has 154 valence electrons. The van der Waals surface area contributed by atoms with Crippen molar-refractivity contribution in [1.82, 2.24) is 15.3 Å². The highest BCUT2D eigenvalue weighted by Crippen LogP contribution is 2.15. The molecule has 0 unspecified atom stereocenters. The van der Waals surface area contributed by atoms with Gasteiger partial charge in [-0.25, -0.2) is 9.78 Å². The van der Waals surface area contributed by atoms with Crippen molar-refractivity contribution < 1.29 is 14.3 Å². The summed E-state index contributed by atoms with van der Waals surface area (Å²) in [5, 5.41) is 6.23. The third-order valence-corrected chi connectivity index (χ3v) is 4.27. The summed E-state index contributed by atoms with van der Waals surface area (Å²) >= 11 is 0. The normalized spacial score (nSPS) is 13.1. The molecule has 0 aliphatic rings. The fourth-order valence-corrected chi connectivity index (χ4v) is 2.74. The van der Waals surface area contributed by atoms with Crippen LogP contribution < -0.4 is 10.6 Å². The predicted octanol–water partition coefficient (Wildman–Crippen LogP) is 3.37. The third-order valence-electron chi connectivity index (χ3n) is 4.27. The van der Waals surface area contributed by atoms with E-state index in [-0.39, 0.29) is 11.9 Å². The van der Waals surface area contributed by atoms with Gasteiger partial charge in [-0.2, -0.15) is 0 Å². The molecule has 1 aromatic carbocycles. The molecule has 0 bridgehead atoms. The van der Waals surface area contributed by atoms with Crippen molar-refractivity contribution >= 4 is 23.8 Å². The number of esters is 1. The lowest BCUT2D eigenvalue weighted by Gasteiger charge is -2.23. The number of amides is 1. The fourth-order valence-electron chi connectivity index (χ4n) is 2.74. The van der Waals surface area contributed by atoms with Crippen LogP contribution in [0.15, 0.2) is 48.8 Å². The molecule has 0 fully saturated rings. The Bertz CT molecular complexity index is 820. The molecule has 29 heavy (non-hydrogen) atoms. The molecule has 7 nitrogen and oxygen atoms in total. The van der Waals surface area contributed by atoms with E-state index in [1.165, 1.54) is 31.7 Å². The standard InChI is InChI=1S/C22H28N4O3/c1-15(2)12-19(22(28)25-16(3)17-8-6-5-7-9-17)26-20-14-23-18(13-24-20)10-11-21(27)29-4/h5-11,13-16,19H,12H2,1-4H3,(H,24,26)(H,25,28)/b11-10+/t16-,19+/m0/s1. The maximum Gasteiger partial charge on any atom is 0.330 e. The first-order valence-corrected chi connectivity index (χ1v) is 9.59. The van der Waals surface area contributed by atoms with Crippen molar-refractivity contribution in [2.45, 2.75) is 39.3 Å². The molecule has 2 rings (SSSR count). The Hall–Kier alpha value is -3.22. The number of carbonyl (C=O) groups excluding carboxylic acids is 2.